The van der Waals surface area contributed by atoms with E-state index in [2.05, 4.69) is 20.8 Å². The average molecular weight is 447 g/mol. The van der Waals surface area contributed by atoms with Crippen LogP contribution in [0.25, 0.3) is 0 Å². The lowest BCUT2D eigenvalue weighted by atomic mass is 10.2. The topological polar surface area (TPSA) is 93.2 Å². The highest BCUT2D eigenvalue weighted by atomic mass is 32.2. The van der Waals surface area contributed by atoms with Crippen molar-refractivity contribution in [3.8, 4) is 5.75 Å². The summed E-state index contributed by atoms with van der Waals surface area (Å²) in [5, 5.41) is 14.2. The van der Waals surface area contributed by atoms with E-state index in [0.29, 0.717) is 23.0 Å². The number of thioether (sulfide) groups is 1. The number of nitrogens with one attached hydrogen (secondary N) is 2. The lowest BCUT2D eigenvalue weighted by molar-refractivity contribution is -0.118. The minimum absolute atomic E-state index is 0.107. The maximum Gasteiger partial charge on any atom is 0.286 e. The number of hydrogen-bond acceptors (Lipinski definition) is 7. The van der Waals surface area contributed by atoms with Crippen molar-refractivity contribution in [2.45, 2.75) is 12.3 Å². The second-order valence-electron chi connectivity index (χ2n) is 6.04. The van der Waals surface area contributed by atoms with Gasteiger partial charge in [0.25, 0.3) is 5.91 Å². The van der Waals surface area contributed by atoms with Crippen LogP contribution in [-0.4, -0.2) is 34.9 Å². The van der Waals surface area contributed by atoms with Gasteiger partial charge in [0.15, 0.2) is 0 Å². The van der Waals surface area contributed by atoms with Gasteiger partial charge in [-0.15, -0.1) is 22.0 Å². The normalized spacial score (nSPS) is 10.5. The van der Waals surface area contributed by atoms with Crippen molar-refractivity contribution in [2.24, 2.45) is 0 Å². The summed E-state index contributed by atoms with van der Waals surface area (Å²) in [5.74, 6) is 0.547. The summed E-state index contributed by atoms with van der Waals surface area (Å²) in [5.41, 5.74) is 1.37. The molecule has 0 aliphatic carbocycles. The van der Waals surface area contributed by atoms with Gasteiger partial charge in [-0.2, -0.15) is 0 Å². The van der Waals surface area contributed by atoms with E-state index in [1.54, 1.807) is 7.11 Å². The van der Waals surface area contributed by atoms with E-state index >= 15 is 0 Å². The van der Waals surface area contributed by atoms with Crippen LogP contribution in [0.15, 0.2) is 48.5 Å². The molecule has 7 nitrogen and oxygen atoms in total. The zero-order valence-corrected chi connectivity index (χ0v) is 17.7. The zero-order chi connectivity index (χ0) is 21.3. The number of ether oxygens (including phenoxy) is 1. The maximum absolute atomic E-state index is 12.9. The molecule has 0 aliphatic rings. The number of aromatic nitrogens is 2. The number of carbonyl (C=O) groups is 2. The van der Waals surface area contributed by atoms with Crippen LogP contribution in [0.5, 0.6) is 5.75 Å². The Hall–Kier alpha value is -2.98. The van der Waals surface area contributed by atoms with Crippen LogP contribution in [0.3, 0.4) is 0 Å². The van der Waals surface area contributed by atoms with E-state index in [0.717, 1.165) is 22.6 Å². The number of benzene rings is 2. The van der Waals surface area contributed by atoms with Gasteiger partial charge in [0, 0.05) is 23.5 Å². The van der Waals surface area contributed by atoms with Gasteiger partial charge in [-0.05, 0) is 30.3 Å². The third-order valence-electron chi connectivity index (χ3n) is 3.89. The number of carbonyl (C=O) groups excluding carboxylic acids is 2. The van der Waals surface area contributed by atoms with Gasteiger partial charge >= 0.3 is 0 Å². The van der Waals surface area contributed by atoms with Crippen molar-refractivity contribution in [2.75, 3.05) is 18.2 Å². The summed E-state index contributed by atoms with van der Waals surface area (Å²) in [6.07, 6.45) is 0. The molecule has 0 aliphatic heterocycles. The summed E-state index contributed by atoms with van der Waals surface area (Å²) < 4.78 is 18.2. The molecule has 2 aromatic carbocycles. The highest BCUT2D eigenvalue weighted by Gasteiger charge is 2.14. The Morgan fingerprint density at radius 3 is 2.67 bits per heavy atom. The zero-order valence-electron chi connectivity index (χ0n) is 16.1. The standard InChI is InChI=1S/C20H19FN4O3S2/c1-28-16-5-3-2-4-13(16)10-22-17(26)11-29-12-18-24-25-20(30-18)19(27)23-15-8-6-14(21)7-9-15/h2-9H,10-12H2,1H3,(H,22,26)(H,23,27). The lowest BCUT2D eigenvalue weighted by Crippen LogP contribution is -2.24. The highest BCUT2D eigenvalue weighted by molar-refractivity contribution is 7.99. The fraction of sp³-hybridized carbons (Fsp3) is 0.200. The Labute approximate surface area is 181 Å². The van der Waals surface area contributed by atoms with Crippen LogP contribution < -0.4 is 15.4 Å². The van der Waals surface area contributed by atoms with Gasteiger partial charge in [-0.1, -0.05) is 29.5 Å². The number of halogens is 1. The number of nitrogens with zero attached hydrogens (tertiary/aromatic N) is 2. The Morgan fingerprint density at radius 2 is 1.90 bits per heavy atom. The van der Waals surface area contributed by atoms with Gasteiger partial charge in [-0.25, -0.2) is 4.39 Å². The first kappa shape index (κ1) is 21.7. The number of amides is 2. The minimum atomic E-state index is -0.412. The molecule has 10 heteroatoms. The van der Waals surface area contributed by atoms with Crippen LogP contribution in [0.4, 0.5) is 10.1 Å². The molecule has 0 atom stereocenters. The van der Waals surface area contributed by atoms with Crippen molar-refractivity contribution in [3.05, 3.63) is 69.9 Å². The molecule has 2 amide bonds. The Morgan fingerprint density at radius 1 is 1.13 bits per heavy atom. The number of anilines is 1. The van der Waals surface area contributed by atoms with Gasteiger partial charge in [0.1, 0.15) is 16.6 Å². The maximum atomic E-state index is 12.9. The fourth-order valence-electron chi connectivity index (χ4n) is 2.45. The van der Waals surface area contributed by atoms with Crippen LogP contribution in [0, 0.1) is 5.82 Å². The predicted octanol–water partition coefficient (Wildman–Crippen LogP) is 3.49. The van der Waals surface area contributed by atoms with Gasteiger partial charge < -0.3 is 15.4 Å². The fourth-order valence-corrected chi connectivity index (χ4v) is 4.08. The van der Waals surface area contributed by atoms with E-state index in [-0.39, 0.29) is 22.5 Å². The van der Waals surface area contributed by atoms with E-state index in [4.69, 9.17) is 4.74 Å². The summed E-state index contributed by atoms with van der Waals surface area (Å²) in [7, 11) is 1.59. The first-order valence-corrected chi connectivity index (χ1v) is 10.9. The van der Waals surface area contributed by atoms with E-state index < -0.39 is 5.91 Å². The quantitative estimate of drug-likeness (QED) is 0.523. The van der Waals surface area contributed by atoms with Crippen LogP contribution in [0.1, 0.15) is 20.4 Å². The molecule has 0 spiro atoms. The van der Waals surface area contributed by atoms with Gasteiger partial charge in [-0.3, -0.25) is 9.59 Å². The van der Waals surface area contributed by atoms with Crippen molar-refractivity contribution in [1.82, 2.24) is 15.5 Å². The molecular weight excluding hydrogens is 427 g/mol. The second-order valence-corrected chi connectivity index (χ2v) is 8.09. The minimum Gasteiger partial charge on any atom is -0.496 e. The van der Waals surface area contributed by atoms with E-state index in [9.17, 15) is 14.0 Å². The first-order chi connectivity index (χ1) is 14.5. The molecule has 0 radical (unpaired) electrons. The number of methoxy groups -OCH3 is 1. The van der Waals surface area contributed by atoms with Crippen LogP contribution in [0.2, 0.25) is 0 Å². The highest BCUT2D eigenvalue weighted by Crippen LogP contribution is 2.19. The molecule has 2 N–H and O–H groups in total. The van der Waals surface area contributed by atoms with Crippen molar-refractivity contribution < 1.29 is 18.7 Å². The third-order valence-corrected chi connectivity index (χ3v) is 5.94. The molecule has 30 heavy (non-hydrogen) atoms. The molecule has 1 aromatic heterocycles. The molecule has 156 valence electrons. The molecule has 0 saturated heterocycles. The molecule has 0 unspecified atom stereocenters. The van der Waals surface area contributed by atoms with Crippen LogP contribution in [-0.2, 0) is 17.1 Å². The third kappa shape index (κ3) is 6.26. The smallest absolute Gasteiger partial charge is 0.286 e. The summed E-state index contributed by atoms with van der Waals surface area (Å²) in [4.78, 5) is 24.2. The van der Waals surface area contributed by atoms with E-state index in [1.165, 1.54) is 36.0 Å². The summed E-state index contributed by atoms with van der Waals surface area (Å²) in [6, 6.07) is 13.0. The van der Waals surface area contributed by atoms with E-state index in [1.807, 2.05) is 24.3 Å². The number of para-hydroxylation sites is 1. The monoisotopic (exact) mass is 446 g/mol. The predicted molar refractivity (Wildman–Crippen MR) is 115 cm³/mol. The molecule has 1 heterocycles. The Bertz CT molecular complexity index is 1010. The van der Waals surface area contributed by atoms with Crippen molar-refractivity contribution >= 4 is 40.6 Å². The molecule has 0 fully saturated rings. The van der Waals surface area contributed by atoms with Gasteiger partial charge in [0.05, 0.1) is 12.9 Å². The molecule has 3 aromatic rings. The SMILES string of the molecule is COc1ccccc1CNC(=O)CSCc1nnc(C(=O)Nc2ccc(F)cc2)s1. The molecular formula is C20H19FN4O3S2. The second kappa shape index (κ2) is 10.7. The van der Waals surface area contributed by atoms with Gasteiger partial charge in [0.2, 0.25) is 10.9 Å². The average Bonchev–Trinajstić information content (AvgIpc) is 3.23. The van der Waals surface area contributed by atoms with Crippen LogP contribution >= 0.6 is 23.1 Å². The lowest BCUT2D eigenvalue weighted by Gasteiger charge is -2.09. The van der Waals surface area contributed by atoms with Crippen molar-refractivity contribution in [3.63, 3.8) is 0 Å². The molecule has 3 rings (SSSR count). The molecule has 0 saturated carbocycles. The summed E-state index contributed by atoms with van der Waals surface area (Å²) in [6.45, 7) is 0.385. The largest absolute Gasteiger partial charge is 0.496 e. The first-order valence-electron chi connectivity index (χ1n) is 8.91. The van der Waals surface area contributed by atoms with Crippen molar-refractivity contribution in [1.29, 1.82) is 0 Å². The Balaban J connectivity index is 1.42. The number of hydrogen-bond donors (Lipinski definition) is 2. The Kier molecular flexibility index (Phi) is 7.75. The number of rotatable bonds is 9. The summed E-state index contributed by atoms with van der Waals surface area (Å²) >= 11 is 2.53. The molecule has 0 bridgehead atoms.